The third-order valence-electron chi connectivity index (χ3n) is 2.77. The molecule has 136 valence electrons. The first-order valence-corrected chi connectivity index (χ1v) is 8.95. The van der Waals surface area contributed by atoms with Crippen LogP contribution in [0.3, 0.4) is 0 Å². The van der Waals surface area contributed by atoms with Crippen molar-refractivity contribution < 1.29 is 27.9 Å². The number of hydroxylamine groups is 1. The lowest BCUT2D eigenvalue weighted by molar-refractivity contribution is 0.234. The van der Waals surface area contributed by atoms with Crippen molar-refractivity contribution in [3.63, 3.8) is 0 Å². The third kappa shape index (κ3) is 5.17. The van der Waals surface area contributed by atoms with E-state index in [1.54, 1.807) is 0 Å². The van der Waals surface area contributed by atoms with Gasteiger partial charge in [0.1, 0.15) is 5.82 Å². The SMILES string of the molecule is O=S(=O)(CCNc1nonc1C(=Nc1ccc(F)c(Br)c1)NO)NO. The van der Waals surface area contributed by atoms with Gasteiger partial charge in [-0.15, -0.1) is 0 Å². The van der Waals surface area contributed by atoms with Gasteiger partial charge >= 0.3 is 0 Å². The second-order valence-electron chi connectivity index (χ2n) is 4.47. The number of benzene rings is 1. The van der Waals surface area contributed by atoms with Crippen LogP contribution in [0.15, 0.2) is 32.3 Å². The van der Waals surface area contributed by atoms with Crippen LogP contribution in [0.4, 0.5) is 15.9 Å². The highest BCUT2D eigenvalue weighted by Gasteiger charge is 2.17. The number of halogens is 2. The van der Waals surface area contributed by atoms with E-state index in [1.807, 2.05) is 5.48 Å². The van der Waals surface area contributed by atoms with Crippen LogP contribution in [-0.4, -0.2) is 47.3 Å². The Kier molecular flexibility index (Phi) is 6.38. The summed E-state index contributed by atoms with van der Waals surface area (Å²) in [6, 6.07) is 3.90. The quantitative estimate of drug-likeness (QED) is 0.238. The molecular formula is C11H12BrFN6O5S. The van der Waals surface area contributed by atoms with E-state index in [9.17, 15) is 18.0 Å². The fourth-order valence-electron chi connectivity index (χ4n) is 1.62. The van der Waals surface area contributed by atoms with Gasteiger partial charge < -0.3 is 10.5 Å². The molecule has 0 aliphatic rings. The fraction of sp³-hybridized carbons (Fsp3) is 0.182. The van der Waals surface area contributed by atoms with E-state index in [0.29, 0.717) is 0 Å². The first-order valence-electron chi connectivity index (χ1n) is 6.50. The van der Waals surface area contributed by atoms with Gasteiger partial charge in [0.05, 0.1) is 15.9 Å². The number of sulfonamides is 1. The highest BCUT2D eigenvalue weighted by atomic mass is 79.9. The summed E-state index contributed by atoms with van der Waals surface area (Å²) in [5, 5.41) is 27.4. The normalized spacial score (nSPS) is 12.2. The Morgan fingerprint density at radius 2 is 2.12 bits per heavy atom. The predicted molar refractivity (Wildman–Crippen MR) is 86.7 cm³/mol. The molecule has 0 spiro atoms. The Balaban J connectivity index is 2.20. The lowest BCUT2D eigenvalue weighted by Gasteiger charge is -2.06. The summed E-state index contributed by atoms with van der Waals surface area (Å²) in [4.78, 5) is 5.21. The van der Waals surface area contributed by atoms with Gasteiger partial charge in [0.2, 0.25) is 15.8 Å². The second-order valence-corrected chi connectivity index (χ2v) is 7.14. The highest BCUT2D eigenvalue weighted by molar-refractivity contribution is 9.10. The highest BCUT2D eigenvalue weighted by Crippen LogP contribution is 2.23. The van der Waals surface area contributed by atoms with Crippen molar-refractivity contribution in [2.24, 2.45) is 4.99 Å². The first-order chi connectivity index (χ1) is 11.9. The molecule has 0 bridgehead atoms. The minimum atomic E-state index is -3.84. The van der Waals surface area contributed by atoms with Crippen LogP contribution in [0.5, 0.6) is 0 Å². The molecule has 1 heterocycles. The number of hydrogen-bond acceptors (Lipinski definition) is 9. The molecule has 0 amide bonds. The predicted octanol–water partition coefficient (Wildman–Crippen LogP) is 0.749. The van der Waals surface area contributed by atoms with E-state index in [-0.39, 0.29) is 34.1 Å². The molecular weight excluding hydrogens is 427 g/mol. The largest absolute Gasteiger partial charge is 0.364 e. The van der Waals surface area contributed by atoms with Crippen LogP contribution in [0.2, 0.25) is 0 Å². The summed E-state index contributed by atoms with van der Waals surface area (Å²) in [5.41, 5.74) is 2.05. The Morgan fingerprint density at radius 3 is 2.76 bits per heavy atom. The average molecular weight is 439 g/mol. The van der Waals surface area contributed by atoms with Gasteiger partial charge in [-0.2, -0.15) is 0 Å². The molecule has 0 aliphatic carbocycles. The van der Waals surface area contributed by atoms with E-state index in [0.717, 1.165) is 0 Å². The van der Waals surface area contributed by atoms with Crippen LogP contribution in [0.1, 0.15) is 5.69 Å². The van der Waals surface area contributed by atoms with Gasteiger partial charge in [-0.25, -0.2) is 22.4 Å². The minimum absolute atomic E-state index is 0.00498. The van der Waals surface area contributed by atoms with Gasteiger partial charge in [0, 0.05) is 6.54 Å². The Labute approximate surface area is 149 Å². The maximum Gasteiger partial charge on any atom is 0.235 e. The number of aliphatic imine (C=N–C) groups is 1. The summed E-state index contributed by atoms with van der Waals surface area (Å²) in [6.07, 6.45) is 0. The third-order valence-corrected chi connectivity index (χ3v) is 4.39. The smallest absolute Gasteiger partial charge is 0.235 e. The Morgan fingerprint density at radius 1 is 1.36 bits per heavy atom. The number of aromatic nitrogens is 2. The van der Waals surface area contributed by atoms with E-state index < -0.39 is 21.6 Å². The molecule has 25 heavy (non-hydrogen) atoms. The van der Waals surface area contributed by atoms with E-state index >= 15 is 0 Å². The van der Waals surface area contributed by atoms with E-state index in [2.05, 4.69) is 41.2 Å². The number of rotatable bonds is 7. The molecule has 2 rings (SSSR count). The maximum absolute atomic E-state index is 13.2. The summed E-state index contributed by atoms with van der Waals surface area (Å²) >= 11 is 3.01. The van der Waals surface area contributed by atoms with Gasteiger partial charge in [0.15, 0.2) is 11.5 Å². The van der Waals surface area contributed by atoms with Crippen molar-refractivity contribution in [1.29, 1.82) is 0 Å². The lowest BCUT2D eigenvalue weighted by Crippen LogP contribution is -2.27. The van der Waals surface area contributed by atoms with Gasteiger partial charge in [0.25, 0.3) is 0 Å². The molecule has 0 radical (unpaired) electrons. The van der Waals surface area contributed by atoms with Crippen molar-refractivity contribution in [3.05, 3.63) is 34.2 Å². The van der Waals surface area contributed by atoms with Crippen LogP contribution in [-0.2, 0) is 10.0 Å². The monoisotopic (exact) mass is 438 g/mol. The van der Waals surface area contributed by atoms with Crippen LogP contribution >= 0.6 is 15.9 Å². The first kappa shape index (κ1) is 19.2. The molecule has 0 saturated heterocycles. The van der Waals surface area contributed by atoms with Crippen LogP contribution < -0.4 is 15.7 Å². The fourth-order valence-corrected chi connectivity index (χ4v) is 2.45. The molecule has 14 heteroatoms. The number of nitrogens with zero attached hydrogens (tertiary/aromatic N) is 3. The molecule has 1 aromatic heterocycles. The molecule has 0 atom stereocenters. The van der Waals surface area contributed by atoms with Crippen molar-refractivity contribution in [2.75, 3.05) is 17.6 Å². The number of amidine groups is 1. The van der Waals surface area contributed by atoms with Gasteiger partial charge in [-0.05, 0) is 44.4 Å². The maximum atomic E-state index is 13.2. The van der Waals surface area contributed by atoms with Crippen LogP contribution in [0, 0.1) is 5.82 Å². The number of anilines is 1. The van der Waals surface area contributed by atoms with Crippen molar-refractivity contribution in [3.8, 4) is 0 Å². The van der Waals surface area contributed by atoms with Gasteiger partial charge in [-0.1, -0.05) is 4.89 Å². The van der Waals surface area contributed by atoms with Gasteiger partial charge in [-0.3, -0.25) is 10.7 Å². The zero-order valence-electron chi connectivity index (χ0n) is 12.3. The zero-order valence-corrected chi connectivity index (χ0v) is 14.7. The molecule has 2 aromatic rings. The van der Waals surface area contributed by atoms with Crippen molar-refractivity contribution in [2.45, 2.75) is 0 Å². The standard InChI is InChI=1S/C11H12BrFN6O5S/c12-7-5-6(1-2-8(7)13)15-11(16-20)9-10(18-24-17-9)14-3-4-25(22,23)19-21/h1-2,5,19-21H,3-4H2,(H,14,18)(H,15,16). The van der Waals surface area contributed by atoms with E-state index in [1.165, 1.54) is 23.1 Å². The molecule has 1 aromatic carbocycles. The van der Waals surface area contributed by atoms with Crippen molar-refractivity contribution >= 4 is 43.3 Å². The summed E-state index contributed by atoms with van der Waals surface area (Å²) < 4.78 is 40.2. The zero-order chi connectivity index (χ0) is 18.4. The molecule has 0 saturated carbocycles. The summed E-state index contributed by atoms with van der Waals surface area (Å²) in [7, 11) is -3.84. The van der Waals surface area contributed by atoms with Crippen LogP contribution in [0.25, 0.3) is 0 Å². The average Bonchev–Trinajstić information content (AvgIpc) is 3.04. The second kappa shape index (κ2) is 8.30. The summed E-state index contributed by atoms with van der Waals surface area (Å²) in [5.74, 6) is -1.12. The summed E-state index contributed by atoms with van der Waals surface area (Å²) in [6.45, 7) is -0.141. The number of nitrogens with one attached hydrogen (secondary N) is 3. The molecule has 0 fully saturated rings. The molecule has 5 N–H and O–H groups in total. The molecule has 0 aliphatic heterocycles. The van der Waals surface area contributed by atoms with Crippen molar-refractivity contribution in [1.82, 2.24) is 20.7 Å². The molecule has 0 unspecified atom stereocenters. The minimum Gasteiger partial charge on any atom is -0.364 e. The topological polar surface area (TPSA) is 162 Å². The van der Waals surface area contributed by atoms with E-state index in [4.69, 9.17) is 5.21 Å². The lowest BCUT2D eigenvalue weighted by atomic mass is 10.3. The Bertz CT molecular complexity index is 874. The molecule has 11 nitrogen and oxygen atoms in total. The number of hydrogen-bond donors (Lipinski definition) is 5. The Hall–Kier alpha value is -2.13.